The standard InChI is InChI=1S/C60H98O6/c1-4-7-10-13-16-19-22-25-28-29-30-33-35-38-41-44-47-50-53-59(62)65-56-57(66-60(63)54-51-48-45-42-39-36-32-27-24-21-18-15-12-9-6-3)55-64-58(61)52-49-46-43-40-37-34-31-26-23-20-17-14-11-8-5-2/h8-9,11-12,14-15,17-18,20-25,28-30,33,57H,4-7,10,13,16,19,26-27,31-32,34-56H2,1-3H3/b11-8-,12-9-,17-14-,18-15-,23-20-,24-21-,25-22-,29-28-,33-30-. The highest BCUT2D eigenvalue weighted by Crippen LogP contribution is 2.14. The minimum absolute atomic E-state index is 0.0982. The lowest BCUT2D eigenvalue weighted by Gasteiger charge is -2.18. The molecule has 0 amide bonds. The van der Waals surface area contributed by atoms with Gasteiger partial charge in [0.15, 0.2) is 6.10 Å². The van der Waals surface area contributed by atoms with Crippen LogP contribution < -0.4 is 0 Å². The molecule has 0 saturated carbocycles. The van der Waals surface area contributed by atoms with Crippen molar-refractivity contribution in [3.63, 3.8) is 0 Å². The van der Waals surface area contributed by atoms with E-state index in [1.165, 1.54) is 77.0 Å². The second kappa shape index (κ2) is 53.7. The number of rotatable bonds is 47. The summed E-state index contributed by atoms with van der Waals surface area (Å²) in [6.45, 7) is 6.32. The first-order valence-corrected chi connectivity index (χ1v) is 27.0. The summed E-state index contributed by atoms with van der Waals surface area (Å²) in [6, 6.07) is 0. The average molecular weight is 915 g/mol. The predicted molar refractivity (Wildman–Crippen MR) is 283 cm³/mol. The van der Waals surface area contributed by atoms with Gasteiger partial charge in [-0.3, -0.25) is 14.4 Å². The van der Waals surface area contributed by atoms with Gasteiger partial charge in [-0.05, 0) is 83.5 Å². The molecule has 0 rings (SSSR count). The molecule has 0 aliphatic rings. The summed E-state index contributed by atoms with van der Waals surface area (Å²) in [5.41, 5.74) is 0. The summed E-state index contributed by atoms with van der Waals surface area (Å²) in [5, 5.41) is 0. The molecule has 0 aromatic rings. The zero-order valence-electron chi connectivity index (χ0n) is 42.7. The Kier molecular flexibility index (Phi) is 50.5. The van der Waals surface area contributed by atoms with Gasteiger partial charge in [0, 0.05) is 19.3 Å². The van der Waals surface area contributed by atoms with Crippen molar-refractivity contribution in [2.75, 3.05) is 13.2 Å². The Balaban J connectivity index is 4.47. The Morgan fingerprint density at radius 2 is 0.591 bits per heavy atom. The highest BCUT2D eigenvalue weighted by molar-refractivity contribution is 5.71. The molecule has 6 nitrogen and oxygen atoms in total. The van der Waals surface area contributed by atoms with E-state index in [-0.39, 0.29) is 31.1 Å². The minimum atomic E-state index is -0.800. The third kappa shape index (κ3) is 51.1. The number of hydrogen-bond donors (Lipinski definition) is 0. The van der Waals surface area contributed by atoms with E-state index in [0.717, 1.165) is 116 Å². The van der Waals surface area contributed by atoms with Gasteiger partial charge in [-0.2, -0.15) is 0 Å². The first-order chi connectivity index (χ1) is 32.5. The molecule has 0 N–H and O–H groups in total. The number of esters is 3. The van der Waals surface area contributed by atoms with E-state index in [4.69, 9.17) is 14.2 Å². The lowest BCUT2D eigenvalue weighted by atomic mass is 10.1. The predicted octanol–water partition coefficient (Wildman–Crippen LogP) is 17.9. The molecule has 0 saturated heterocycles. The minimum Gasteiger partial charge on any atom is -0.462 e. The Hall–Kier alpha value is -3.93. The van der Waals surface area contributed by atoms with E-state index in [1.807, 2.05) is 0 Å². The average Bonchev–Trinajstić information content (AvgIpc) is 3.31. The number of hydrogen-bond acceptors (Lipinski definition) is 6. The molecular weight excluding hydrogens is 817 g/mol. The van der Waals surface area contributed by atoms with Gasteiger partial charge in [0.1, 0.15) is 13.2 Å². The van der Waals surface area contributed by atoms with Crippen LogP contribution in [0.15, 0.2) is 109 Å². The number of carbonyl (C=O) groups is 3. The maximum Gasteiger partial charge on any atom is 0.306 e. The Labute approximate surface area is 406 Å². The Morgan fingerprint density at radius 3 is 0.909 bits per heavy atom. The van der Waals surface area contributed by atoms with Crippen molar-refractivity contribution in [3.05, 3.63) is 109 Å². The summed E-state index contributed by atoms with van der Waals surface area (Å²) in [6.07, 6.45) is 72.1. The van der Waals surface area contributed by atoms with Gasteiger partial charge in [-0.1, -0.05) is 239 Å². The van der Waals surface area contributed by atoms with Gasteiger partial charge < -0.3 is 14.2 Å². The molecular formula is C60H98O6. The summed E-state index contributed by atoms with van der Waals surface area (Å²) in [7, 11) is 0. The zero-order chi connectivity index (χ0) is 47.9. The Morgan fingerprint density at radius 1 is 0.318 bits per heavy atom. The van der Waals surface area contributed by atoms with Crippen LogP contribution in [0.5, 0.6) is 0 Å². The number of unbranched alkanes of at least 4 members (excludes halogenated alkanes) is 24. The number of ether oxygens (including phenoxy) is 3. The first kappa shape index (κ1) is 62.1. The third-order valence-electron chi connectivity index (χ3n) is 11.2. The van der Waals surface area contributed by atoms with Crippen LogP contribution in [0.1, 0.15) is 233 Å². The van der Waals surface area contributed by atoms with Gasteiger partial charge >= 0.3 is 17.9 Å². The molecule has 1 unspecified atom stereocenters. The summed E-state index contributed by atoms with van der Waals surface area (Å²) >= 11 is 0. The van der Waals surface area contributed by atoms with E-state index >= 15 is 0 Å². The van der Waals surface area contributed by atoms with Gasteiger partial charge in [-0.25, -0.2) is 0 Å². The van der Waals surface area contributed by atoms with E-state index in [9.17, 15) is 14.4 Å². The highest BCUT2D eigenvalue weighted by Gasteiger charge is 2.19. The normalized spacial score (nSPS) is 13.0. The smallest absolute Gasteiger partial charge is 0.306 e. The molecule has 0 bridgehead atoms. The fourth-order valence-electron chi connectivity index (χ4n) is 7.15. The van der Waals surface area contributed by atoms with Crippen LogP contribution in [0.3, 0.4) is 0 Å². The van der Waals surface area contributed by atoms with Crippen LogP contribution in [0.4, 0.5) is 0 Å². The molecule has 0 aliphatic carbocycles. The van der Waals surface area contributed by atoms with Crippen molar-refractivity contribution in [1.82, 2.24) is 0 Å². The van der Waals surface area contributed by atoms with Crippen LogP contribution in [0, 0.1) is 0 Å². The van der Waals surface area contributed by atoms with E-state index < -0.39 is 6.10 Å². The monoisotopic (exact) mass is 915 g/mol. The molecule has 0 heterocycles. The molecule has 0 aliphatic heterocycles. The van der Waals surface area contributed by atoms with Crippen molar-refractivity contribution in [2.45, 2.75) is 239 Å². The van der Waals surface area contributed by atoms with Crippen molar-refractivity contribution in [2.24, 2.45) is 0 Å². The van der Waals surface area contributed by atoms with Crippen molar-refractivity contribution >= 4 is 17.9 Å². The SMILES string of the molecule is CC\C=C/C=C\C=C/CCCCCCCCCC(=O)OCC(COC(=O)CCCCCCC\C=C/C=C\C=C/CCCCCCC)OC(=O)CCCCCCCCC\C=C/C=C\C=C/CC. The topological polar surface area (TPSA) is 78.9 Å². The Bertz CT molecular complexity index is 1370. The highest BCUT2D eigenvalue weighted by atomic mass is 16.6. The first-order valence-electron chi connectivity index (χ1n) is 27.0. The molecule has 374 valence electrons. The number of carbonyl (C=O) groups excluding carboxylic acids is 3. The quantitative estimate of drug-likeness (QED) is 0.0262. The van der Waals surface area contributed by atoms with Gasteiger partial charge in [0.25, 0.3) is 0 Å². The second-order valence-electron chi connectivity index (χ2n) is 17.6. The summed E-state index contributed by atoms with van der Waals surface area (Å²) in [4.78, 5) is 38.1. The van der Waals surface area contributed by atoms with Crippen molar-refractivity contribution < 1.29 is 28.6 Å². The lowest BCUT2D eigenvalue weighted by molar-refractivity contribution is -0.167. The second-order valence-corrected chi connectivity index (χ2v) is 17.6. The molecule has 1 atom stereocenters. The van der Waals surface area contributed by atoms with Gasteiger partial charge in [-0.15, -0.1) is 0 Å². The molecule has 0 aromatic heterocycles. The van der Waals surface area contributed by atoms with Gasteiger partial charge in [0.2, 0.25) is 0 Å². The fourth-order valence-corrected chi connectivity index (χ4v) is 7.15. The van der Waals surface area contributed by atoms with E-state index in [0.29, 0.717) is 19.3 Å². The van der Waals surface area contributed by atoms with Crippen LogP contribution in [-0.2, 0) is 28.6 Å². The summed E-state index contributed by atoms with van der Waals surface area (Å²) in [5.74, 6) is -0.944. The van der Waals surface area contributed by atoms with Crippen molar-refractivity contribution in [1.29, 1.82) is 0 Å². The number of allylic oxidation sites excluding steroid dienone is 18. The summed E-state index contributed by atoms with van der Waals surface area (Å²) < 4.78 is 16.8. The maximum absolute atomic E-state index is 12.8. The van der Waals surface area contributed by atoms with Crippen LogP contribution in [-0.4, -0.2) is 37.2 Å². The molecule has 0 aromatic carbocycles. The van der Waals surface area contributed by atoms with Crippen LogP contribution >= 0.6 is 0 Å². The zero-order valence-corrected chi connectivity index (χ0v) is 42.7. The van der Waals surface area contributed by atoms with Gasteiger partial charge in [0.05, 0.1) is 0 Å². The molecule has 66 heavy (non-hydrogen) atoms. The van der Waals surface area contributed by atoms with E-state index in [2.05, 4.69) is 130 Å². The molecule has 0 fully saturated rings. The largest absolute Gasteiger partial charge is 0.462 e. The van der Waals surface area contributed by atoms with Crippen LogP contribution in [0.2, 0.25) is 0 Å². The lowest BCUT2D eigenvalue weighted by Crippen LogP contribution is -2.30. The molecule has 0 spiro atoms. The van der Waals surface area contributed by atoms with Crippen LogP contribution in [0.25, 0.3) is 0 Å². The molecule has 6 heteroatoms. The molecule has 0 radical (unpaired) electrons. The fraction of sp³-hybridized carbons (Fsp3) is 0.650. The van der Waals surface area contributed by atoms with Crippen molar-refractivity contribution in [3.8, 4) is 0 Å². The van der Waals surface area contributed by atoms with E-state index in [1.54, 1.807) is 0 Å². The maximum atomic E-state index is 12.8. The third-order valence-corrected chi connectivity index (χ3v) is 11.2.